The third-order valence-corrected chi connectivity index (χ3v) is 3.93. The molecule has 3 nitrogen and oxygen atoms in total. The van der Waals surface area contributed by atoms with E-state index in [4.69, 9.17) is 4.74 Å². The van der Waals surface area contributed by atoms with Gasteiger partial charge in [-0.25, -0.2) is 0 Å². The standard InChI is InChI=1S/C15H22N2O/c1-2-10-17(9-1)15-5-3-13(4-6-15)16-14-7-11-18-12-8-14/h3-6,14,16H,1-2,7-12H2. The normalized spacial score (nSPS) is 21.2. The highest BCUT2D eigenvalue weighted by Crippen LogP contribution is 2.23. The van der Waals surface area contributed by atoms with Gasteiger partial charge in [0.2, 0.25) is 0 Å². The van der Waals surface area contributed by atoms with Crippen LogP contribution in [0.1, 0.15) is 25.7 Å². The first-order valence-electron chi connectivity index (χ1n) is 7.11. The van der Waals surface area contributed by atoms with Crippen molar-refractivity contribution in [1.29, 1.82) is 0 Å². The van der Waals surface area contributed by atoms with Crippen LogP contribution in [-0.2, 0) is 4.74 Å². The maximum absolute atomic E-state index is 5.38. The molecule has 0 atom stereocenters. The maximum atomic E-state index is 5.38. The molecule has 0 bridgehead atoms. The number of anilines is 2. The fourth-order valence-corrected chi connectivity index (χ4v) is 2.82. The lowest BCUT2D eigenvalue weighted by Crippen LogP contribution is -2.27. The maximum Gasteiger partial charge on any atom is 0.0485 e. The molecule has 0 spiro atoms. The van der Waals surface area contributed by atoms with Gasteiger partial charge in [-0.15, -0.1) is 0 Å². The fourth-order valence-electron chi connectivity index (χ4n) is 2.82. The second kappa shape index (κ2) is 5.61. The number of nitrogens with zero attached hydrogens (tertiary/aromatic N) is 1. The Bertz CT molecular complexity index is 365. The van der Waals surface area contributed by atoms with Gasteiger partial charge in [-0.1, -0.05) is 0 Å². The average Bonchev–Trinajstić information content (AvgIpc) is 2.95. The summed E-state index contributed by atoms with van der Waals surface area (Å²) >= 11 is 0. The summed E-state index contributed by atoms with van der Waals surface area (Å²) in [6, 6.07) is 9.49. The minimum atomic E-state index is 0.580. The quantitative estimate of drug-likeness (QED) is 0.887. The van der Waals surface area contributed by atoms with E-state index in [2.05, 4.69) is 34.5 Å². The third-order valence-electron chi connectivity index (χ3n) is 3.93. The highest BCUT2D eigenvalue weighted by atomic mass is 16.5. The Balaban J connectivity index is 1.59. The molecule has 2 aliphatic heterocycles. The average molecular weight is 246 g/mol. The predicted octanol–water partition coefficient (Wildman–Crippen LogP) is 2.88. The van der Waals surface area contributed by atoms with Crippen LogP contribution in [0.4, 0.5) is 11.4 Å². The van der Waals surface area contributed by atoms with Crippen LogP contribution in [0.3, 0.4) is 0 Å². The highest BCUT2D eigenvalue weighted by Gasteiger charge is 2.14. The van der Waals surface area contributed by atoms with Gasteiger partial charge in [-0.05, 0) is 49.9 Å². The van der Waals surface area contributed by atoms with Gasteiger partial charge in [0.25, 0.3) is 0 Å². The molecule has 1 aromatic rings. The van der Waals surface area contributed by atoms with Gasteiger partial charge >= 0.3 is 0 Å². The molecule has 0 unspecified atom stereocenters. The summed E-state index contributed by atoms with van der Waals surface area (Å²) in [7, 11) is 0. The van der Waals surface area contributed by atoms with Gasteiger partial charge < -0.3 is 15.0 Å². The van der Waals surface area contributed by atoms with Crippen molar-refractivity contribution >= 4 is 11.4 Å². The molecule has 2 saturated heterocycles. The van der Waals surface area contributed by atoms with E-state index in [0.717, 1.165) is 26.1 Å². The molecule has 2 heterocycles. The summed E-state index contributed by atoms with van der Waals surface area (Å²) in [5.41, 5.74) is 2.61. The molecule has 0 aromatic heterocycles. The van der Waals surface area contributed by atoms with E-state index in [1.165, 1.54) is 37.3 Å². The first-order chi connectivity index (χ1) is 8.92. The van der Waals surface area contributed by atoms with E-state index in [1.54, 1.807) is 0 Å². The van der Waals surface area contributed by atoms with Gasteiger partial charge in [-0.2, -0.15) is 0 Å². The van der Waals surface area contributed by atoms with E-state index >= 15 is 0 Å². The zero-order valence-corrected chi connectivity index (χ0v) is 10.9. The van der Waals surface area contributed by atoms with Crippen molar-refractivity contribution in [3.63, 3.8) is 0 Å². The number of nitrogens with one attached hydrogen (secondary N) is 1. The molecule has 2 fully saturated rings. The van der Waals surface area contributed by atoms with Crippen molar-refractivity contribution in [3.05, 3.63) is 24.3 Å². The molecule has 0 saturated carbocycles. The second-order valence-electron chi connectivity index (χ2n) is 5.27. The largest absolute Gasteiger partial charge is 0.382 e. The highest BCUT2D eigenvalue weighted by molar-refractivity contribution is 5.55. The molecule has 0 aliphatic carbocycles. The Labute approximate surface area is 109 Å². The monoisotopic (exact) mass is 246 g/mol. The summed E-state index contributed by atoms with van der Waals surface area (Å²) < 4.78 is 5.38. The number of ether oxygens (including phenoxy) is 1. The third kappa shape index (κ3) is 2.78. The lowest BCUT2D eigenvalue weighted by Gasteiger charge is -2.24. The Morgan fingerprint density at radius 1 is 1.00 bits per heavy atom. The van der Waals surface area contributed by atoms with Crippen molar-refractivity contribution in [3.8, 4) is 0 Å². The zero-order chi connectivity index (χ0) is 12.2. The lowest BCUT2D eigenvalue weighted by molar-refractivity contribution is 0.0904. The number of hydrogen-bond acceptors (Lipinski definition) is 3. The van der Waals surface area contributed by atoms with Crippen LogP contribution >= 0.6 is 0 Å². The Morgan fingerprint density at radius 2 is 1.67 bits per heavy atom. The van der Waals surface area contributed by atoms with E-state index < -0.39 is 0 Å². The number of benzene rings is 1. The van der Waals surface area contributed by atoms with E-state index in [9.17, 15) is 0 Å². The van der Waals surface area contributed by atoms with Crippen molar-refractivity contribution in [1.82, 2.24) is 0 Å². The van der Waals surface area contributed by atoms with Crippen LogP contribution in [0.25, 0.3) is 0 Å². The molecule has 0 amide bonds. The van der Waals surface area contributed by atoms with E-state index in [-0.39, 0.29) is 0 Å². The summed E-state index contributed by atoms with van der Waals surface area (Å²) in [4.78, 5) is 2.47. The molecule has 3 heteroatoms. The molecule has 2 aliphatic rings. The minimum absolute atomic E-state index is 0.580. The SMILES string of the molecule is c1cc(N2CCCC2)ccc1NC1CCOCC1. The van der Waals surface area contributed by atoms with Gasteiger partial charge in [0.15, 0.2) is 0 Å². The molecule has 98 valence electrons. The smallest absolute Gasteiger partial charge is 0.0485 e. The summed E-state index contributed by atoms with van der Waals surface area (Å²) in [5, 5.41) is 3.60. The lowest BCUT2D eigenvalue weighted by atomic mass is 10.1. The molecule has 0 radical (unpaired) electrons. The summed E-state index contributed by atoms with van der Waals surface area (Å²) in [6.45, 7) is 4.21. The Morgan fingerprint density at radius 3 is 2.33 bits per heavy atom. The van der Waals surface area contributed by atoms with Gasteiger partial charge in [0.1, 0.15) is 0 Å². The topological polar surface area (TPSA) is 24.5 Å². The van der Waals surface area contributed by atoms with Gasteiger partial charge in [0.05, 0.1) is 0 Å². The molecule has 1 N–H and O–H groups in total. The fraction of sp³-hybridized carbons (Fsp3) is 0.600. The minimum Gasteiger partial charge on any atom is -0.382 e. The predicted molar refractivity (Wildman–Crippen MR) is 75.4 cm³/mol. The van der Waals surface area contributed by atoms with Crippen LogP contribution < -0.4 is 10.2 Å². The van der Waals surface area contributed by atoms with Crippen molar-refractivity contribution in [2.24, 2.45) is 0 Å². The second-order valence-corrected chi connectivity index (χ2v) is 5.27. The molecule has 18 heavy (non-hydrogen) atoms. The number of rotatable bonds is 3. The van der Waals surface area contributed by atoms with Crippen LogP contribution in [0.15, 0.2) is 24.3 Å². The molecule has 1 aromatic carbocycles. The molecular formula is C15H22N2O. The first-order valence-corrected chi connectivity index (χ1v) is 7.11. The van der Waals surface area contributed by atoms with E-state index in [1.807, 2.05) is 0 Å². The Kier molecular flexibility index (Phi) is 3.69. The number of hydrogen-bond donors (Lipinski definition) is 1. The molecular weight excluding hydrogens is 224 g/mol. The van der Waals surface area contributed by atoms with Crippen molar-refractivity contribution < 1.29 is 4.74 Å². The summed E-state index contributed by atoms with van der Waals surface area (Å²) in [6.07, 6.45) is 4.91. The van der Waals surface area contributed by atoms with E-state index in [0.29, 0.717) is 6.04 Å². The first kappa shape index (κ1) is 11.8. The Hall–Kier alpha value is -1.22. The van der Waals surface area contributed by atoms with Crippen LogP contribution in [-0.4, -0.2) is 32.3 Å². The van der Waals surface area contributed by atoms with Gasteiger partial charge in [-0.3, -0.25) is 0 Å². The zero-order valence-electron chi connectivity index (χ0n) is 10.9. The molecule has 3 rings (SSSR count). The van der Waals surface area contributed by atoms with Crippen LogP contribution in [0.2, 0.25) is 0 Å². The summed E-state index contributed by atoms with van der Waals surface area (Å²) in [5.74, 6) is 0. The van der Waals surface area contributed by atoms with Crippen molar-refractivity contribution in [2.75, 3.05) is 36.5 Å². The van der Waals surface area contributed by atoms with Crippen LogP contribution in [0.5, 0.6) is 0 Å². The van der Waals surface area contributed by atoms with Crippen LogP contribution in [0, 0.1) is 0 Å². The van der Waals surface area contributed by atoms with Gasteiger partial charge in [0, 0.05) is 43.7 Å². The van der Waals surface area contributed by atoms with Crippen molar-refractivity contribution in [2.45, 2.75) is 31.7 Å².